The van der Waals surface area contributed by atoms with Crippen molar-refractivity contribution in [3.05, 3.63) is 28.6 Å². The number of Topliss-reactive ketones (excluding diaryl/α,β-unsaturated/α-hetero) is 1. The highest BCUT2D eigenvalue weighted by Gasteiger charge is 2.22. The standard InChI is InChI=1S/C11H13FNOS/c12-11-9(3-6-15-11)7-10(14)8-1-4-13-5-2-8/h1,3,6,8,13H,2,4-5,7H2. The molecule has 1 atom stereocenters. The summed E-state index contributed by atoms with van der Waals surface area (Å²) >= 11 is 1.05. The van der Waals surface area contributed by atoms with E-state index in [1.807, 2.05) is 6.42 Å². The second kappa shape index (κ2) is 4.86. The van der Waals surface area contributed by atoms with Gasteiger partial charge < -0.3 is 5.32 Å². The van der Waals surface area contributed by atoms with Gasteiger partial charge >= 0.3 is 0 Å². The molecule has 1 aromatic rings. The minimum Gasteiger partial charge on any atom is -0.316 e. The second-order valence-electron chi connectivity index (χ2n) is 3.70. The van der Waals surface area contributed by atoms with Crippen molar-refractivity contribution in [3.63, 3.8) is 0 Å². The van der Waals surface area contributed by atoms with Crippen molar-refractivity contribution < 1.29 is 9.18 Å². The largest absolute Gasteiger partial charge is 0.316 e. The fraction of sp³-hybridized carbons (Fsp3) is 0.455. The Balaban J connectivity index is 1.94. The van der Waals surface area contributed by atoms with Gasteiger partial charge in [0.25, 0.3) is 0 Å². The Morgan fingerprint density at radius 1 is 1.67 bits per heavy atom. The van der Waals surface area contributed by atoms with Crippen molar-refractivity contribution >= 4 is 17.1 Å². The lowest BCUT2D eigenvalue weighted by Crippen LogP contribution is -2.33. The van der Waals surface area contributed by atoms with Gasteiger partial charge in [-0.2, -0.15) is 4.39 Å². The molecule has 2 rings (SSSR count). The first-order valence-electron chi connectivity index (χ1n) is 5.06. The van der Waals surface area contributed by atoms with Crippen LogP contribution in [0.1, 0.15) is 12.0 Å². The number of halogens is 1. The van der Waals surface area contributed by atoms with Gasteiger partial charge in [-0.3, -0.25) is 4.79 Å². The number of thiophene rings is 1. The third-order valence-electron chi connectivity index (χ3n) is 2.65. The molecule has 1 aliphatic heterocycles. The molecule has 1 N–H and O–H groups in total. The van der Waals surface area contributed by atoms with Gasteiger partial charge in [0.1, 0.15) is 5.78 Å². The maximum atomic E-state index is 13.1. The topological polar surface area (TPSA) is 29.1 Å². The summed E-state index contributed by atoms with van der Waals surface area (Å²) in [6.07, 6.45) is 3.05. The summed E-state index contributed by atoms with van der Waals surface area (Å²) in [6.45, 7) is 1.65. The zero-order chi connectivity index (χ0) is 10.7. The van der Waals surface area contributed by atoms with Gasteiger partial charge in [-0.25, -0.2) is 0 Å². The average Bonchev–Trinajstić information content (AvgIpc) is 2.66. The van der Waals surface area contributed by atoms with Crippen molar-refractivity contribution in [2.75, 3.05) is 13.1 Å². The quantitative estimate of drug-likeness (QED) is 0.851. The molecule has 1 fully saturated rings. The van der Waals surface area contributed by atoms with E-state index in [1.54, 1.807) is 11.4 Å². The predicted octanol–water partition coefficient (Wildman–Crippen LogP) is 1.81. The Hall–Kier alpha value is -0.740. The van der Waals surface area contributed by atoms with Crippen molar-refractivity contribution in [1.29, 1.82) is 0 Å². The summed E-state index contributed by atoms with van der Waals surface area (Å²) in [5.41, 5.74) is 0.539. The van der Waals surface area contributed by atoms with E-state index in [1.165, 1.54) is 0 Å². The smallest absolute Gasteiger partial charge is 0.180 e. The summed E-state index contributed by atoms with van der Waals surface area (Å²) in [7, 11) is 0. The first-order chi connectivity index (χ1) is 7.27. The number of nitrogens with one attached hydrogen (secondary N) is 1. The molecule has 0 aromatic carbocycles. The monoisotopic (exact) mass is 226 g/mol. The van der Waals surface area contributed by atoms with Crippen LogP contribution in [-0.2, 0) is 11.2 Å². The van der Waals surface area contributed by atoms with Crippen LogP contribution in [-0.4, -0.2) is 18.9 Å². The molecular formula is C11H13FNOS. The summed E-state index contributed by atoms with van der Waals surface area (Å²) in [5.74, 6) is 0.138. The fourth-order valence-corrected chi connectivity index (χ4v) is 2.40. The van der Waals surface area contributed by atoms with Crippen molar-refractivity contribution in [3.8, 4) is 0 Å². The van der Waals surface area contributed by atoms with Crippen molar-refractivity contribution in [1.82, 2.24) is 5.32 Å². The summed E-state index contributed by atoms with van der Waals surface area (Å²) in [6, 6.07) is 1.69. The third-order valence-corrected chi connectivity index (χ3v) is 3.39. The van der Waals surface area contributed by atoms with E-state index >= 15 is 0 Å². The zero-order valence-corrected chi connectivity index (χ0v) is 9.15. The summed E-state index contributed by atoms with van der Waals surface area (Å²) in [5, 5.41) is 4.62. The summed E-state index contributed by atoms with van der Waals surface area (Å²) in [4.78, 5) is 11.8. The molecular weight excluding hydrogens is 213 g/mol. The van der Waals surface area contributed by atoms with E-state index in [9.17, 15) is 9.18 Å². The Morgan fingerprint density at radius 3 is 3.13 bits per heavy atom. The Kier molecular flexibility index (Phi) is 3.49. The molecule has 2 nitrogen and oxygen atoms in total. The van der Waals surface area contributed by atoms with Crippen LogP contribution in [0.4, 0.5) is 4.39 Å². The molecule has 1 saturated heterocycles. The van der Waals surface area contributed by atoms with Crippen LogP contribution in [0.3, 0.4) is 0 Å². The van der Waals surface area contributed by atoms with Crippen molar-refractivity contribution in [2.24, 2.45) is 5.92 Å². The maximum absolute atomic E-state index is 13.1. The van der Waals surface area contributed by atoms with Gasteiger partial charge in [0.15, 0.2) is 5.13 Å². The molecule has 1 aromatic heterocycles. The van der Waals surface area contributed by atoms with Crippen LogP contribution in [0, 0.1) is 17.5 Å². The number of hydrogen-bond donors (Lipinski definition) is 1. The minimum absolute atomic E-state index is 0.00514. The summed E-state index contributed by atoms with van der Waals surface area (Å²) < 4.78 is 13.1. The van der Waals surface area contributed by atoms with Crippen LogP contribution < -0.4 is 5.32 Å². The molecule has 15 heavy (non-hydrogen) atoms. The lowest BCUT2D eigenvalue weighted by Gasteiger charge is -2.20. The molecule has 0 saturated carbocycles. The molecule has 0 amide bonds. The molecule has 0 aliphatic carbocycles. The molecule has 81 valence electrons. The second-order valence-corrected chi connectivity index (χ2v) is 4.56. The van der Waals surface area contributed by atoms with E-state index in [4.69, 9.17) is 0 Å². The highest BCUT2D eigenvalue weighted by atomic mass is 32.1. The van der Waals surface area contributed by atoms with E-state index < -0.39 is 0 Å². The molecule has 0 bridgehead atoms. The van der Waals surface area contributed by atoms with E-state index in [-0.39, 0.29) is 23.3 Å². The third kappa shape index (κ3) is 2.63. The molecule has 1 unspecified atom stereocenters. The maximum Gasteiger partial charge on any atom is 0.180 e. The first-order valence-corrected chi connectivity index (χ1v) is 5.94. The number of ketones is 1. The van der Waals surface area contributed by atoms with Crippen molar-refractivity contribution in [2.45, 2.75) is 12.8 Å². The Morgan fingerprint density at radius 2 is 2.53 bits per heavy atom. The van der Waals surface area contributed by atoms with Gasteiger partial charge in [0, 0.05) is 17.9 Å². The van der Waals surface area contributed by atoms with Gasteiger partial charge in [-0.05, 0) is 37.4 Å². The van der Waals surface area contributed by atoms with Gasteiger partial charge in [0.05, 0.1) is 0 Å². The molecule has 0 spiro atoms. The normalized spacial score (nSPS) is 17.9. The van der Waals surface area contributed by atoms with Crippen LogP contribution in [0.2, 0.25) is 0 Å². The van der Waals surface area contributed by atoms with E-state index in [0.29, 0.717) is 5.56 Å². The SMILES string of the molecule is O=C(Cc1ccsc1F)C1[CH]CNCC1. The number of piperidine rings is 1. The molecule has 1 radical (unpaired) electrons. The highest BCUT2D eigenvalue weighted by Crippen LogP contribution is 2.19. The van der Waals surface area contributed by atoms with Gasteiger partial charge in [0.2, 0.25) is 0 Å². The molecule has 1 aliphatic rings. The number of hydrogen-bond acceptors (Lipinski definition) is 3. The number of carbonyl (C=O) groups excluding carboxylic acids is 1. The van der Waals surface area contributed by atoms with Gasteiger partial charge in [-0.15, -0.1) is 11.3 Å². The lowest BCUT2D eigenvalue weighted by molar-refractivity contribution is -0.121. The van der Waals surface area contributed by atoms with E-state index in [0.717, 1.165) is 30.8 Å². The fourth-order valence-electron chi connectivity index (χ4n) is 1.76. The van der Waals surface area contributed by atoms with E-state index in [2.05, 4.69) is 5.32 Å². The Bertz CT molecular complexity index is 344. The zero-order valence-electron chi connectivity index (χ0n) is 8.33. The first kappa shape index (κ1) is 10.8. The van der Waals surface area contributed by atoms with Gasteiger partial charge in [-0.1, -0.05) is 0 Å². The van der Waals surface area contributed by atoms with Crippen LogP contribution in [0.15, 0.2) is 11.4 Å². The van der Waals surface area contributed by atoms with Crippen LogP contribution >= 0.6 is 11.3 Å². The molecule has 2 heterocycles. The van der Waals surface area contributed by atoms with Crippen LogP contribution in [0.5, 0.6) is 0 Å². The number of carbonyl (C=O) groups is 1. The molecule has 4 heteroatoms. The number of rotatable bonds is 3. The highest BCUT2D eigenvalue weighted by molar-refractivity contribution is 7.08. The minimum atomic E-state index is -0.225. The lowest BCUT2D eigenvalue weighted by atomic mass is 9.90. The predicted molar refractivity (Wildman–Crippen MR) is 58.3 cm³/mol. The average molecular weight is 226 g/mol. The van der Waals surface area contributed by atoms with Crippen LogP contribution in [0.25, 0.3) is 0 Å². The Labute approximate surface area is 92.5 Å².